The van der Waals surface area contributed by atoms with Crippen LogP contribution in [0.5, 0.6) is 0 Å². The minimum atomic E-state index is 0.0912. The van der Waals surface area contributed by atoms with E-state index in [0.29, 0.717) is 5.41 Å². The number of nitrogens with zero attached hydrogens (tertiary/aromatic N) is 1. The van der Waals surface area contributed by atoms with Crippen LogP contribution in [-0.2, 0) is 10.8 Å². The lowest BCUT2D eigenvalue weighted by molar-refractivity contribution is -0.0193. The third-order valence-corrected chi connectivity index (χ3v) is 14.9. The molecule has 4 saturated carbocycles. The lowest BCUT2D eigenvalue weighted by Gasteiger charge is -2.54. The van der Waals surface area contributed by atoms with E-state index in [0.717, 1.165) is 23.7 Å². The molecule has 0 aliphatic heterocycles. The molecule has 6 aromatic carbocycles. The third kappa shape index (κ3) is 4.26. The van der Waals surface area contributed by atoms with E-state index in [9.17, 15) is 0 Å². The van der Waals surface area contributed by atoms with Gasteiger partial charge >= 0.3 is 0 Å². The third-order valence-electron chi connectivity index (χ3n) is 14.9. The van der Waals surface area contributed by atoms with Crippen LogP contribution in [0.4, 0.5) is 17.1 Å². The second-order valence-electron chi connectivity index (χ2n) is 18.3. The fourth-order valence-electron chi connectivity index (χ4n) is 12.9. The van der Waals surface area contributed by atoms with Crippen molar-refractivity contribution < 1.29 is 0 Å². The molecule has 5 aliphatic rings. The first-order valence-electron chi connectivity index (χ1n) is 20.2. The molecule has 1 heteroatoms. The van der Waals surface area contributed by atoms with Crippen LogP contribution in [0.25, 0.3) is 33.4 Å². The van der Waals surface area contributed by atoms with Crippen molar-refractivity contribution in [2.75, 3.05) is 4.90 Å². The molecular weight excluding hydrogens is 639 g/mol. The highest BCUT2D eigenvalue weighted by atomic mass is 15.1. The Morgan fingerprint density at radius 1 is 0.566 bits per heavy atom. The minimum Gasteiger partial charge on any atom is -0.310 e. The van der Waals surface area contributed by atoms with Crippen molar-refractivity contribution in [3.05, 3.63) is 162 Å². The number of rotatable bonds is 5. The first kappa shape index (κ1) is 31.6. The minimum absolute atomic E-state index is 0.0912. The summed E-state index contributed by atoms with van der Waals surface area (Å²) in [4.78, 5) is 2.48. The van der Waals surface area contributed by atoms with Gasteiger partial charge in [-0.15, -0.1) is 0 Å². The Bertz CT molecular complexity index is 2410. The summed E-state index contributed by atoms with van der Waals surface area (Å²) in [6, 6.07) is 53.1. The van der Waals surface area contributed by atoms with Gasteiger partial charge in [0.05, 0.1) is 5.69 Å². The van der Waals surface area contributed by atoms with Gasteiger partial charge in [-0.05, 0) is 154 Å². The van der Waals surface area contributed by atoms with Crippen LogP contribution in [0.15, 0.2) is 140 Å². The number of benzene rings is 6. The van der Waals surface area contributed by atoms with E-state index in [1.807, 2.05) is 0 Å². The lowest BCUT2D eigenvalue weighted by Crippen LogP contribution is -2.50. The SMILES string of the molecule is Cc1cc(N(c2ccc(C(C)(C)C)cc2)c2ccccc2-c2ccccc2)ccc1-c1cccc2c1C1(c3ccccc3-2)C2CC3C[C@@H]4CC1C4(C3)C2. The quantitative estimate of drug-likeness (QED) is 0.174. The van der Waals surface area contributed by atoms with Gasteiger partial charge in [-0.25, -0.2) is 0 Å². The smallest absolute Gasteiger partial charge is 0.0540 e. The van der Waals surface area contributed by atoms with E-state index >= 15 is 0 Å². The van der Waals surface area contributed by atoms with Gasteiger partial charge in [0.1, 0.15) is 0 Å². The predicted molar refractivity (Wildman–Crippen MR) is 221 cm³/mol. The second kappa shape index (κ2) is 11.1. The van der Waals surface area contributed by atoms with Crippen molar-refractivity contribution >= 4 is 17.1 Å². The van der Waals surface area contributed by atoms with Crippen molar-refractivity contribution in [2.24, 2.45) is 29.1 Å². The molecule has 0 saturated heterocycles. The van der Waals surface area contributed by atoms with Gasteiger partial charge in [-0.1, -0.05) is 130 Å². The molecule has 53 heavy (non-hydrogen) atoms. The summed E-state index contributed by atoms with van der Waals surface area (Å²) < 4.78 is 0. The highest BCUT2D eigenvalue weighted by Gasteiger charge is 2.77. The number of hydrogen-bond acceptors (Lipinski definition) is 1. The van der Waals surface area contributed by atoms with Gasteiger partial charge in [0, 0.05) is 22.4 Å². The average Bonchev–Trinajstić information content (AvgIpc) is 3.64. The zero-order chi connectivity index (χ0) is 35.7. The van der Waals surface area contributed by atoms with Gasteiger partial charge in [-0.2, -0.15) is 0 Å². The zero-order valence-electron chi connectivity index (χ0n) is 31.6. The summed E-state index contributed by atoms with van der Waals surface area (Å²) in [5.41, 5.74) is 18.7. The van der Waals surface area contributed by atoms with Crippen LogP contribution in [0.1, 0.15) is 75.1 Å². The molecule has 5 unspecified atom stereocenters. The number of aryl methyl sites for hydroxylation is 1. The molecule has 2 spiro atoms. The molecule has 4 fully saturated rings. The summed E-state index contributed by atoms with van der Waals surface area (Å²) in [5, 5.41) is 0. The Hall–Kier alpha value is -4.88. The van der Waals surface area contributed by atoms with Gasteiger partial charge < -0.3 is 4.90 Å². The van der Waals surface area contributed by atoms with E-state index in [2.05, 4.69) is 172 Å². The zero-order valence-corrected chi connectivity index (χ0v) is 31.6. The van der Waals surface area contributed by atoms with Crippen molar-refractivity contribution in [3.63, 3.8) is 0 Å². The molecule has 11 rings (SSSR count). The second-order valence-corrected chi connectivity index (χ2v) is 18.3. The van der Waals surface area contributed by atoms with Gasteiger partial charge in [0.25, 0.3) is 0 Å². The highest BCUT2D eigenvalue weighted by Crippen LogP contribution is 2.83. The normalized spacial score (nSPS) is 27.0. The van der Waals surface area contributed by atoms with E-state index < -0.39 is 0 Å². The number of hydrogen-bond donors (Lipinski definition) is 0. The topological polar surface area (TPSA) is 3.24 Å². The molecule has 262 valence electrons. The van der Waals surface area contributed by atoms with Crippen molar-refractivity contribution in [3.8, 4) is 33.4 Å². The van der Waals surface area contributed by atoms with Crippen LogP contribution in [0.2, 0.25) is 0 Å². The molecule has 0 radical (unpaired) electrons. The summed E-state index contributed by atoms with van der Waals surface area (Å²) in [6.07, 6.45) is 7.28. The molecule has 0 aromatic heterocycles. The van der Waals surface area contributed by atoms with E-state index in [4.69, 9.17) is 0 Å². The van der Waals surface area contributed by atoms with Crippen LogP contribution in [0.3, 0.4) is 0 Å². The maximum absolute atomic E-state index is 2.53. The molecule has 0 heterocycles. The fourth-order valence-corrected chi connectivity index (χ4v) is 12.9. The molecule has 0 amide bonds. The summed E-state index contributed by atoms with van der Waals surface area (Å²) >= 11 is 0. The Kier molecular flexibility index (Phi) is 6.61. The number of para-hydroxylation sites is 1. The Balaban J connectivity index is 1.08. The fraction of sp³-hybridized carbons (Fsp3) is 0.308. The summed E-state index contributed by atoms with van der Waals surface area (Å²) in [5.74, 6) is 3.44. The molecule has 3 bridgehead atoms. The van der Waals surface area contributed by atoms with Crippen molar-refractivity contribution in [2.45, 2.75) is 70.6 Å². The van der Waals surface area contributed by atoms with Gasteiger partial charge in [0.15, 0.2) is 0 Å². The Labute approximate surface area is 315 Å². The van der Waals surface area contributed by atoms with Crippen LogP contribution >= 0.6 is 0 Å². The lowest BCUT2D eigenvalue weighted by atomic mass is 9.49. The Morgan fingerprint density at radius 3 is 2.00 bits per heavy atom. The molecule has 6 atom stereocenters. The van der Waals surface area contributed by atoms with Gasteiger partial charge in [-0.3, -0.25) is 0 Å². The van der Waals surface area contributed by atoms with Crippen molar-refractivity contribution in [1.82, 2.24) is 0 Å². The Morgan fingerprint density at radius 2 is 1.23 bits per heavy atom. The highest BCUT2D eigenvalue weighted by molar-refractivity contribution is 5.92. The first-order valence-corrected chi connectivity index (χ1v) is 20.2. The molecule has 6 aromatic rings. The number of fused-ring (bicyclic) bond motifs is 9. The molecule has 0 N–H and O–H groups in total. The standard InChI is InChI=1S/C52H49N/c1-33-27-40(53(39-23-21-36(22-24-39)50(2,3)4)47-20-11-9-15-42(47)35-13-6-5-7-14-35)25-26-41(33)44-17-12-18-45-43-16-8-10-19-46(43)52(49(44)45)38-29-34-28-37-30-48(52)51(37,31-34)32-38/h5-27,34,37-38,48H,28-32H2,1-4H3/t34?,37-,38?,48?,51?,52?/m1/s1. The average molecular weight is 688 g/mol. The molecule has 5 aliphatic carbocycles. The van der Waals surface area contributed by atoms with E-state index in [1.54, 1.807) is 11.1 Å². The maximum atomic E-state index is 2.53. The van der Waals surface area contributed by atoms with Crippen LogP contribution in [-0.4, -0.2) is 0 Å². The van der Waals surface area contributed by atoms with E-state index in [-0.39, 0.29) is 10.8 Å². The van der Waals surface area contributed by atoms with Crippen LogP contribution in [0, 0.1) is 36.0 Å². The van der Waals surface area contributed by atoms with E-state index in [1.165, 1.54) is 93.7 Å². The van der Waals surface area contributed by atoms with Crippen LogP contribution < -0.4 is 4.90 Å². The monoisotopic (exact) mass is 687 g/mol. The largest absolute Gasteiger partial charge is 0.310 e. The summed E-state index contributed by atoms with van der Waals surface area (Å²) in [6.45, 7) is 9.23. The van der Waals surface area contributed by atoms with Gasteiger partial charge in [0.2, 0.25) is 0 Å². The molecule has 1 nitrogen and oxygen atoms in total. The predicted octanol–water partition coefficient (Wildman–Crippen LogP) is 13.8. The summed E-state index contributed by atoms with van der Waals surface area (Å²) in [7, 11) is 0. The van der Waals surface area contributed by atoms with Crippen molar-refractivity contribution in [1.29, 1.82) is 0 Å². The first-order chi connectivity index (χ1) is 25.8. The molecular formula is C52H49N. The maximum Gasteiger partial charge on any atom is 0.0540 e. The number of anilines is 3.